The number of hydrogen-bond acceptors (Lipinski definition) is 4. The summed E-state index contributed by atoms with van der Waals surface area (Å²) >= 11 is 5.85. The van der Waals surface area contributed by atoms with Crippen LogP contribution in [0, 0.1) is 5.92 Å². The van der Waals surface area contributed by atoms with Crippen LogP contribution < -0.4 is 5.32 Å². The molecule has 1 unspecified atom stereocenters. The maximum Gasteiger partial charge on any atom is 0.204 e. The molecule has 1 atom stereocenters. The number of nitrogens with one attached hydrogen (secondary N) is 1. The molecule has 102 valence electrons. The number of halogens is 2. The highest BCUT2D eigenvalue weighted by Gasteiger charge is 2.16. The average molecular weight is 300 g/mol. The van der Waals surface area contributed by atoms with E-state index in [-0.39, 0.29) is 12.4 Å². The monoisotopic (exact) mass is 299 g/mol. The third-order valence-corrected chi connectivity index (χ3v) is 3.39. The average Bonchev–Trinajstić information content (AvgIpc) is 3.02. The quantitative estimate of drug-likeness (QED) is 0.942. The third-order valence-electron chi connectivity index (χ3n) is 3.14. The number of tetrazole rings is 1. The molecule has 0 amide bonds. The highest BCUT2D eigenvalue weighted by Crippen LogP contribution is 2.17. The summed E-state index contributed by atoms with van der Waals surface area (Å²) in [6.07, 6.45) is 1.18. The zero-order valence-electron chi connectivity index (χ0n) is 10.3. The Bertz CT molecular complexity index is 519. The minimum Gasteiger partial charge on any atom is -0.316 e. The van der Waals surface area contributed by atoms with Crippen molar-refractivity contribution < 1.29 is 0 Å². The predicted octanol–water partition coefficient (Wildman–Crippen LogP) is 2.02. The van der Waals surface area contributed by atoms with Crippen LogP contribution in [0.15, 0.2) is 24.3 Å². The fourth-order valence-electron chi connectivity index (χ4n) is 2.14. The van der Waals surface area contributed by atoms with Gasteiger partial charge in [0.05, 0.1) is 6.54 Å². The van der Waals surface area contributed by atoms with E-state index in [1.165, 1.54) is 6.42 Å². The fraction of sp³-hybridized carbons (Fsp3) is 0.417. The lowest BCUT2D eigenvalue weighted by Crippen LogP contribution is -2.16. The zero-order valence-corrected chi connectivity index (χ0v) is 11.9. The maximum atomic E-state index is 5.85. The molecule has 1 aromatic heterocycles. The van der Waals surface area contributed by atoms with Gasteiger partial charge in [-0.05, 0) is 54.9 Å². The van der Waals surface area contributed by atoms with Crippen molar-refractivity contribution in [1.82, 2.24) is 25.5 Å². The summed E-state index contributed by atoms with van der Waals surface area (Å²) in [7, 11) is 0. The highest BCUT2D eigenvalue weighted by atomic mass is 35.5. The second-order valence-electron chi connectivity index (χ2n) is 4.53. The van der Waals surface area contributed by atoms with Gasteiger partial charge in [0.1, 0.15) is 0 Å². The first-order valence-electron chi connectivity index (χ1n) is 6.06. The Morgan fingerprint density at radius 3 is 2.79 bits per heavy atom. The summed E-state index contributed by atoms with van der Waals surface area (Å²) in [6, 6.07) is 7.47. The Balaban J connectivity index is 0.00000133. The summed E-state index contributed by atoms with van der Waals surface area (Å²) in [5, 5.41) is 16.6. The van der Waals surface area contributed by atoms with E-state index in [9.17, 15) is 0 Å². The van der Waals surface area contributed by atoms with Crippen LogP contribution in [0.4, 0.5) is 0 Å². The second-order valence-corrected chi connectivity index (χ2v) is 4.97. The van der Waals surface area contributed by atoms with E-state index in [2.05, 4.69) is 20.7 Å². The van der Waals surface area contributed by atoms with Crippen molar-refractivity contribution in [1.29, 1.82) is 0 Å². The maximum absolute atomic E-state index is 5.85. The molecule has 2 heterocycles. The molecular formula is C12H15Cl2N5. The van der Waals surface area contributed by atoms with E-state index in [0.717, 1.165) is 25.2 Å². The Morgan fingerprint density at radius 2 is 2.11 bits per heavy atom. The summed E-state index contributed by atoms with van der Waals surface area (Å²) < 4.78 is 0. The largest absolute Gasteiger partial charge is 0.316 e. The SMILES string of the molecule is Cl.Clc1ccc(-c2nnn(CC3CCNC3)n2)cc1. The van der Waals surface area contributed by atoms with Crippen molar-refractivity contribution in [3.63, 3.8) is 0 Å². The zero-order chi connectivity index (χ0) is 12.4. The van der Waals surface area contributed by atoms with Gasteiger partial charge in [0, 0.05) is 10.6 Å². The van der Waals surface area contributed by atoms with Crippen LogP contribution in [0.5, 0.6) is 0 Å². The van der Waals surface area contributed by atoms with Crippen molar-refractivity contribution in [2.75, 3.05) is 13.1 Å². The van der Waals surface area contributed by atoms with Crippen LogP contribution in [0.1, 0.15) is 6.42 Å². The van der Waals surface area contributed by atoms with Gasteiger partial charge in [0.25, 0.3) is 0 Å². The number of hydrogen-bond donors (Lipinski definition) is 1. The molecule has 0 radical (unpaired) electrons. The molecule has 0 bridgehead atoms. The molecule has 19 heavy (non-hydrogen) atoms. The van der Waals surface area contributed by atoms with Crippen LogP contribution in [0.2, 0.25) is 5.02 Å². The lowest BCUT2D eigenvalue weighted by Gasteiger charge is -2.04. The van der Waals surface area contributed by atoms with Gasteiger partial charge in [0.15, 0.2) is 0 Å². The second kappa shape index (κ2) is 6.32. The van der Waals surface area contributed by atoms with Crippen LogP contribution in [0.25, 0.3) is 11.4 Å². The van der Waals surface area contributed by atoms with Crippen LogP contribution in [-0.2, 0) is 6.54 Å². The Kier molecular flexibility index (Phi) is 4.74. The number of benzene rings is 1. The first-order chi connectivity index (χ1) is 8.81. The minimum absolute atomic E-state index is 0. The molecule has 1 aliphatic heterocycles. The van der Waals surface area contributed by atoms with E-state index < -0.39 is 0 Å². The molecule has 2 aromatic rings. The van der Waals surface area contributed by atoms with Gasteiger partial charge in [-0.15, -0.1) is 22.6 Å². The van der Waals surface area contributed by atoms with Crippen molar-refractivity contribution in [2.45, 2.75) is 13.0 Å². The molecule has 1 saturated heterocycles. The van der Waals surface area contributed by atoms with Gasteiger partial charge in [0.2, 0.25) is 5.82 Å². The molecule has 1 aliphatic rings. The Hall–Kier alpha value is -1.17. The summed E-state index contributed by atoms with van der Waals surface area (Å²) in [4.78, 5) is 1.68. The Labute approximate surface area is 122 Å². The first-order valence-corrected chi connectivity index (χ1v) is 6.43. The fourth-order valence-corrected chi connectivity index (χ4v) is 2.26. The molecule has 0 spiro atoms. The van der Waals surface area contributed by atoms with E-state index in [4.69, 9.17) is 11.6 Å². The van der Waals surface area contributed by atoms with E-state index in [0.29, 0.717) is 16.8 Å². The van der Waals surface area contributed by atoms with Gasteiger partial charge < -0.3 is 5.32 Å². The molecule has 7 heteroatoms. The van der Waals surface area contributed by atoms with Gasteiger partial charge in [-0.25, -0.2) is 0 Å². The van der Waals surface area contributed by atoms with Crippen molar-refractivity contribution in [2.24, 2.45) is 5.92 Å². The van der Waals surface area contributed by atoms with Gasteiger partial charge in [-0.1, -0.05) is 11.6 Å². The third kappa shape index (κ3) is 3.43. The van der Waals surface area contributed by atoms with Gasteiger partial charge in [-0.2, -0.15) is 4.80 Å². The van der Waals surface area contributed by atoms with Gasteiger partial charge >= 0.3 is 0 Å². The van der Waals surface area contributed by atoms with E-state index >= 15 is 0 Å². The molecule has 1 aromatic carbocycles. The normalized spacial score (nSPS) is 18.3. The topological polar surface area (TPSA) is 55.6 Å². The molecule has 5 nitrogen and oxygen atoms in total. The molecule has 0 aliphatic carbocycles. The minimum atomic E-state index is 0. The predicted molar refractivity (Wildman–Crippen MR) is 76.5 cm³/mol. The van der Waals surface area contributed by atoms with E-state index in [1.54, 1.807) is 4.80 Å². The molecular weight excluding hydrogens is 285 g/mol. The summed E-state index contributed by atoms with van der Waals surface area (Å²) in [6.45, 7) is 2.95. The van der Waals surface area contributed by atoms with Crippen molar-refractivity contribution in [3.05, 3.63) is 29.3 Å². The highest BCUT2D eigenvalue weighted by molar-refractivity contribution is 6.30. The van der Waals surface area contributed by atoms with Crippen LogP contribution in [-0.4, -0.2) is 33.3 Å². The molecule has 0 saturated carbocycles. The van der Waals surface area contributed by atoms with Crippen molar-refractivity contribution >= 4 is 24.0 Å². The summed E-state index contributed by atoms with van der Waals surface area (Å²) in [5.41, 5.74) is 0.940. The lowest BCUT2D eigenvalue weighted by molar-refractivity contribution is 0.405. The Morgan fingerprint density at radius 1 is 1.32 bits per heavy atom. The number of aromatic nitrogens is 4. The standard InChI is InChI=1S/C12H14ClN5.ClH/c13-11-3-1-10(2-4-11)12-15-17-18(16-12)8-9-5-6-14-7-9;/h1-4,9,14H,5-8H2;1H. The lowest BCUT2D eigenvalue weighted by atomic mass is 10.1. The molecule has 1 fully saturated rings. The number of rotatable bonds is 3. The van der Waals surface area contributed by atoms with Crippen LogP contribution >= 0.6 is 24.0 Å². The van der Waals surface area contributed by atoms with Gasteiger partial charge in [-0.3, -0.25) is 0 Å². The molecule has 3 rings (SSSR count). The first kappa shape index (κ1) is 14.2. The number of nitrogens with zero attached hydrogens (tertiary/aromatic N) is 4. The van der Waals surface area contributed by atoms with Crippen molar-refractivity contribution in [3.8, 4) is 11.4 Å². The van der Waals surface area contributed by atoms with Crippen LogP contribution in [0.3, 0.4) is 0 Å². The summed E-state index contributed by atoms with van der Waals surface area (Å²) in [5.74, 6) is 1.26. The molecule has 1 N–H and O–H groups in total. The smallest absolute Gasteiger partial charge is 0.204 e. The van der Waals surface area contributed by atoms with E-state index in [1.807, 2.05) is 24.3 Å².